The van der Waals surface area contributed by atoms with Gasteiger partial charge in [0.2, 0.25) is 10.0 Å². The molecule has 1 N–H and O–H groups in total. The number of benzene rings is 1. The molecule has 1 saturated carbocycles. The lowest BCUT2D eigenvalue weighted by Gasteiger charge is -2.34. The van der Waals surface area contributed by atoms with Crippen molar-refractivity contribution in [2.45, 2.75) is 43.0 Å². The normalized spacial score (nSPS) is 26.0. The lowest BCUT2D eigenvalue weighted by Crippen LogP contribution is -2.49. The van der Waals surface area contributed by atoms with E-state index in [1.807, 2.05) is 6.92 Å². The van der Waals surface area contributed by atoms with Crippen molar-refractivity contribution in [3.63, 3.8) is 0 Å². The molecule has 0 bridgehead atoms. The third kappa shape index (κ3) is 3.55. The Morgan fingerprint density at radius 1 is 1.38 bits per heavy atom. The third-order valence-corrected chi connectivity index (χ3v) is 5.46. The maximum Gasteiger partial charge on any atom is 0.241 e. The van der Waals surface area contributed by atoms with Crippen molar-refractivity contribution in [1.29, 1.82) is 5.26 Å². The molecule has 2 rings (SSSR count). The maximum atomic E-state index is 12.5. The summed E-state index contributed by atoms with van der Waals surface area (Å²) in [7, 11) is -2.18. The van der Waals surface area contributed by atoms with Crippen LogP contribution in [-0.4, -0.2) is 21.1 Å². The van der Waals surface area contributed by atoms with Crippen LogP contribution in [0, 0.1) is 17.2 Å². The second kappa shape index (κ2) is 6.04. The molecule has 1 aromatic carbocycles. The first-order valence-electron chi connectivity index (χ1n) is 7.00. The van der Waals surface area contributed by atoms with Gasteiger partial charge in [0, 0.05) is 0 Å². The molecule has 1 aromatic rings. The number of methoxy groups -OCH3 is 1. The molecule has 0 radical (unpaired) electrons. The number of rotatable bonds is 4. The summed E-state index contributed by atoms with van der Waals surface area (Å²) in [5, 5.41) is 9.45. The van der Waals surface area contributed by atoms with Crippen LogP contribution in [0.2, 0.25) is 0 Å². The zero-order valence-electron chi connectivity index (χ0n) is 12.3. The highest BCUT2D eigenvalue weighted by atomic mass is 32.2. The Balaban J connectivity index is 2.24. The summed E-state index contributed by atoms with van der Waals surface area (Å²) in [6.45, 7) is 2.05. The smallest absolute Gasteiger partial charge is 0.241 e. The second-order valence-electron chi connectivity index (χ2n) is 5.68. The number of sulfonamides is 1. The van der Waals surface area contributed by atoms with Crippen LogP contribution >= 0.6 is 0 Å². The molecule has 1 fully saturated rings. The van der Waals surface area contributed by atoms with Gasteiger partial charge in [-0.15, -0.1) is 0 Å². The Morgan fingerprint density at radius 2 is 2.05 bits per heavy atom. The highest BCUT2D eigenvalue weighted by molar-refractivity contribution is 7.89. The number of nitrogens with one attached hydrogen (secondary N) is 1. The Bertz CT molecular complexity index is 634. The van der Waals surface area contributed by atoms with Crippen LogP contribution < -0.4 is 9.46 Å². The van der Waals surface area contributed by atoms with E-state index >= 15 is 0 Å². The molecule has 21 heavy (non-hydrogen) atoms. The Labute approximate surface area is 126 Å². The van der Waals surface area contributed by atoms with Gasteiger partial charge in [0.05, 0.1) is 18.1 Å². The van der Waals surface area contributed by atoms with Crippen LogP contribution in [0.1, 0.15) is 32.6 Å². The molecule has 0 heterocycles. The second-order valence-corrected chi connectivity index (χ2v) is 7.36. The van der Waals surface area contributed by atoms with E-state index in [1.165, 1.54) is 19.2 Å². The topological polar surface area (TPSA) is 79.2 Å². The number of hydrogen-bond donors (Lipinski definition) is 1. The van der Waals surface area contributed by atoms with E-state index in [-0.39, 0.29) is 4.90 Å². The van der Waals surface area contributed by atoms with Gasteiger partial charge in [-0.05, 0) is 43.0 Å². The highest BCUT2D eigenvalue weighted by Crippen LogP contribution is 2.33. The molecule has 0 aromatic heterocycles. The molecule has 0 unspecified atom stereocenters. The number of hydrogen-bond acceptors (Lipinski definition) is 4. The van der Waals surface area contributed by atoms with E-state index in [2.05, 4.69) is 10.8 Å². The average molecular weight is 308 g/mol. The van der Waals surface area contributed by atoms with Crippen molar-refractivity contribution in [2.24, 2.45) is 5.92 Å². The van der Waals surface area contributed by atoms with E-state index in [4.69, 9.17) is 4.74 Å². The average Bonchev–Trinajstić information content (AvgIpc) is 2.47. The highest BCUT2D eigenvalue weighted by Gasteiger charge is 2.39. The Kier molecular flexibility index (Phi) is 4.55. The summed E-state index contributed by atoms with van der Waals surface area (Å²) in [6.07, 6.45) is 3.01. The molecule has 0 saturated heterocycles. The predicted molar refractivity (Wildman–Crippen MR) is 79.3 cm³/mol. The SMILES string of the molecule is COc1ccc(S(=O)(=O)N[C@@]2(C#N)CCC[C@@H](C)C2)cc1. The van der Waals surface area contributed by atoms with Gasteiger partial charge in [0.1, 0.15) is 11.3 Å². The van der Waals surface area contributed by atoms with Crippen LogP contribution in [0.25, 0.3) is 0 Å². The molecule has 5 nitrogen and oxygen atoms in total. The van der Waals surface area contributed by atoms with Gasteiger partial charge >= 0.3 is 0 Å². The lowest BCUT2D eigenvalue weighted by molar-refractivity contribution is 0.270. The third-order valence-electron chi connectivity index (χ3n) is 3.91. The number of nitriles is 1. The zero-order chi connectivity index (χ0) is 15.5. The van der Waals surface area contributed by atoms with Crippen molar-refractivity contribution in [2.75, 3.05) is 7.11 Å². The standard InChI is InChI=1S/C15H20N2O3S/c1-12-4-3-9-15(10-12,11-16)17-21(18,19)14-7-5-13(20-2)6-8-14/h5-8,12,17H,3-4,9-10H2,1-2H3/t12-,15+/m1/s1. The van der Waals surface area contributed by atoms with Gasteiger partial charge < -0.3 is 4.74 Å². The maximum absolute atomic E-state index is 12.5. The van der Waals surface area contributed by atoms with Gasteiger partial charge in [0.25, 0.3) is 0 Å². The molecule has 6 heteroatoms. The summed E-state index contributed by atoms with van der Waals surface area (Å²) < 4.78 is 32.6. The fraction of sp³-hybridized carbons (Fsp3) is 0.533. The largest absolute Gasteiger partial charge is 0.497 e. The van der Waals surface area contributed by atoms with E-state index in [0.717, 1.165) is 12.8 Å². The van der Waals surface area contributed by atoms with Gasteiger partial charge in [0.15, 0.2) is 0 Å². The first kappa shape index (κ1) is 15.8. The van der Waals surface area contributed by atoms with Crippen molar-refractivity contribution >= 4 is 10.0 Å². The molecular formula is C15H20N2O3S. The van der Waals surface area contributed by atoms with Crippen LogP contribution in [0.5, 0.6) is 5.75 Å². The monoisotopic (exact) mass is 308 g/mol. The van der Waals surface area contributed by atoms with Crippen LogP contribution in [0.3, 0.4) is 0 Å². The Hall–Kier alpha value is -1.58. The van der Waals surface area contributed by atoms with Crippen LogP contribution in [-0.2, 0) is 10.0 Å². The van der Waals surface area contributed by atoms with Gasteiger partial charge in [-0.2, -0.15) is 9.98 Å². The van der Waals surface area contributed by atoms with Crippen molar-refractivity contribution < 1.29 is 13.2 Å². The summed E-state index contributed by atoms with van der Waals surface area (Å²) in [4.78, 5) is 0.149. The predicted octanol–water partition coefficient (Wildman–Crippen LogP) is 2.45. The molecular weight excluding hydrogens is 288 g/mol. The van der Waals surface area contributed by atoms with E-state index < -0.39 is 15.6 Å². The fourth-order valence-corrected chi connectivity index (χ4v) is 4.20. The fourth-order valence-electron chi connectivity index (χ4n) is 2.84. The molecule has 2 atom stereocenters. The van der Waals surface area contributed by atoms with Gasteiger partial charge in [-0.25, -0.2) is 8.42 Å². The van der Waals surface area contributed by atoms with Crippen LogP contribution in [0.4, 0.5) is 0 Å². The summed E-state index contributed by atoms with van der Waals surface area (Å²) in [5.74, 6) is 0.937. The first-order chi connectivity index (χ1) is 9.91. The van der Waals surface area contributed by atoms with E-state index in [0.29, 0.717) is 24.5 Å². The van der Waals surface area contributed by atoms with E-state index in [1.54, 1.807) is 12.1 Å². The minimum atomic E-state index is -3.71. The van der Waals surface area contributed by atoms with Crippen molar-refractivity contribution in [3.8, 4) is 11.8 Å². The Morgan fingerprint density at radius 3 is 2.57 bits per heavy atom. The first-order valence-corrected chi connectivity index (χ1v) is 8.48. The molecule has 0 amide bonds. The van der Waals surface area contributed by atoms with Gasteiger partial charge in [-0.3, -0.25) is 0 Å². The van der Waals surface area contributed by atoms with E-state index in [9.17, 15) is 13.7 Å². The summed E-state index contributed by atoms with van der Waals surface area (Å²) in [5.41, 5.74) is -0.990. The molecule has 0 spiro atoms. The molecule has 1 aliphatic carbocycles. The lowest BCUT2D eigenvalue weighted by atomic mass is 9.78. The summed E-state index contributed by atoms with van der Waals surface area (Å²) in [6, 6.07) is 8.34. The van der Waals surface area contributed by atoms with Crippen molar-refractivity contribution in [1.82, 2.24) is 4.72 Å². The minimum absolute atomic E-state index is 0.149. The number of ether oxygens (including phenoxy) is 1. The molecule has 114 valence electrons. The number of nitrogens with zero attached hydrogens (tertiary/aromatic N) is 1. The zero-order valence-corrected chi connectivity index (χ0v) is 13.1. The molecule has 1 aliphatic rings. The van der Waals surface area contributed by atoms with Crippen LogP contribution in [0.15, 0.2) is 29.2 Å². The quantitative estimate of drug-likeness (QED) is 0.926. The van der Waals surface area contributed by atoms with Gasteiger partial charge in [-0.1, -0.05) is 19.8 Å². The summed E-state index contributed by atoms with van der Waals surface area (Å²) >= 11 is 0. The van der Waals surface area contributed by atoms with Crippen molar-refractivity contribution in [3.05, 3.63) is 24.3 Å². The minimum Gasteiger partial charge on any atom is -0.497 e. The molecule has 0 aliphatic heterocycles.